The molecule has 5 nitrogen and oxygen atoms in total. The molecule has 3 aromatic rings. The number of hydrogen-bond donors (Lipinski definition) is 1. The Bertz CT molecular complexity index is 1070. The number of pyridine rings is 1. The van der Waals surface area contributed by atoms with Crippen molar-refractivity contribution in [2.24, 2.45) is 7.05 Å². The summed E-state index contributed by atoms with van der Waals surface area (Å²) in [6.45, 7) is 2.94. The van der Waals surface area contributed by atoms with Crippen molar-refractivity contribution in [2.45, 2.75) is 31.7 Å². The number of hydrogen-bond acceptors (Lipinski definition) is 3. The third kappa shape index (κ3) is 4.62. The van der Waals surface area contributed by atoms with E-state index in [0.717, 1.165) is 50.8 Å². The van der Waals surface area contributed by atoms with Gasteiger partial charge in [-0.25, -0.2) is 0 Å². The first-order chi connectivity index (χ1) is 14.6. The van der Waals surface area contributed by atoms with Gasteiger partial charge in [0.1, 0.15) is 5.56 Å². The number of aromatic nitrogens is 1. The summed E-state index contributed by atoms with van der Waals surface area (Å²) in [5.41, 5.74) is 2.22. The van der Waals surface area contributed by atoms with Gasteiger partial charge in [-0.2, -0.15) is 0 Å². The topological polar surface area (TPSA) is 54.3 Å². The van der Waals surface area contributed by atoms with Gasteiger partial charge in [-0.3, -0.25) is 9.59 Å². The summed E-state index contributed by atoms with van der Waals surface area (Å²) in [5, 5.41) is 3.69. The highest BCUT2D eigenvalue weighted by Gasteiger charge is 2.23. The van der Waals surface area contributed by atoms with Gasteiger partial charge >= 0.3 is 0 Å². The molecule has 1 aliphatic heterocycles. The maximum Gasteiger partial charge on any atom is 0.257 e. The molecule has 1 amide bonds. The number of amides is 1. The molecule has 156 valence electrons. The molecular weight excluding hydrogens is 374 g/mol. The number of para-hydroxylation sites is 1. The second kappa shape index (κ2) is 9.26. The molecule has 0 bridgehead atoms. The second-order valence-electron chi connectivity index (χ2n) is 8.20. The molecule has 5 heteroatoms. The first-order valence-electron chi connectivity index (χ1n) is 10.8. The number of nitrogens with one attached hydrogen (secondary N) is 1. The molecule has 1 unspecified atom stereocenters. The number of likely N-dealkylation sites (tertiary alicyclic amines) is 1. The van der Waals surface area contributed by atoms with Crippen molar-refractivity contribution in [3.63, 3.8) is 0 Å². The molecule has 0 saturated carbocycles. The van der Waals surface area contributed by atoms with Crippen LogP contribution in [0.2, 0.25) is 0 Å². The predicted octanol–water partition coefficient (Wildman–Crippen LogP) is 3.37. The number of fused-ring (bicyclic) bond motifs is 1. The van der Waals surface area contributed by atoms with E-state index in [1.54, 1.807) is 12.3 Å². The normalized spacial score (nSPS) is 17.2. The average Bonchev–Trinajstić information content (AvgIpc) is 2.77. The number of carbonyl (C=O) groups is 1. The van der Waals surface area contributed by atoms with Crippen LogP contribution in [0.25, 0.3) is 10.9 Å². The molecule has 1 aromatic heterocycles. The van der Waals surface area contributed by atoms with Crippen LogP contribution in [-0.4, -0.2) is 41.1 Å². The Hall–Kier alpha value is -2.92. The van der Waals surface area contributed by atoms with Crippen molar-refractivity contribution in [2.75, 3.05) is 19.6 Å². The van der Waals surface area contributed by atoms with Crippen molar-refractivity contribution >= 4 is 16.8 Å². The van der Waals surface area contributed by atoms with E-state index < -0.39 is 0 Å². The molecule has 1 aliphatic rings. The lowest BCUT2D eigenvalue weighted by atomic mass is 10.0. The maximum atomic E-state index is 12.9. The van der Waals surface area contributed by atoms with Crippen LogP contribution in [-0.2, 0) is 13.5 Å². The minimum absolute atomic E-state index is 0.0825. The number of aryl methyl sites for hydroxylation is 2. The minimum atomic E-state index is -0.266. The Kier molecular flexibility index (Phi) is 6.29. The van der Waals surface area contributed by atoms with E-state index in [1.807, 2.05) is 35.9 Å². The number of rotatable bonds is 6. The lowest BCUT2D eigenvalue weighted by Gasteiger charge is -2.33. The van der Waals surface area contributed by atoms with Crippen LogP contribution < -0.4 is 10.7 Å². The van der Waals surface area contributed by atoms with E-state index in [-0.39, 0.29) is 22.9 Å². The van der Waals surface area contributed by atoms with Gasteiger partial charge < -0.3 is 14.8 Å². The van der Waals surface area contributed by atoms with Crippen molar-refractivity contribution in [1.82, 2.24) is 14.8 Å². The van der Waals surface area contributed by atoms with E-state index in [9.17, 15) is 9.59 Å². The van der Waals surface area contributed by atoms with Gasteiger partial charge in [-0.1, -0.05) is 42.5 Å². The van der Waals surface area contributed by atoms with Crippen LogP contribution in [0.5, 0.6) is 0 Å². The summed E-state index contributed by atoms with van der Waals surface area (Å²) in [6.07, 6.45) is 5.85. The van der Waals surface area contributed by atoms with Gasteiger partial charge in [-0.05, 0) is 56.5 Å². The summed E-state index contributed by atoms with van der Waals surface area (Å²) in [7, 11) is 1.87. The summed E-state index contributed by atoms with van der Waals surface area (Å²) in [4.78, 5) is 28.1. The lowest BCUT2D eigenvalue weighted by Crippen LogP contribution is -2.48. The fourth-order valence-electron chi connectivity index (χ4n) is 4.39. The highest BCUT2D eigenvalue weighted by atomic mass is 16.2. The SMILES string of the molecule is Cn1cc(C(=O)NC2CCCN(CCCc3ccccc3)C2)c(=O)c2ccccc21. The Morgan fingerprint density at radius 2 is 1.87 bits per heavy atom. The van der Waals surface area contributed by atoms with Crippen LogP contribution in [0.1, 0.15) is 35.2 Å². The molecule has 30 heavy (non-hydrogen) atoms. The summed E-state index contributed by atoms with van der Waals surface area (Å²) < 4.78 is 1.85. The highest BCUT2D eigenvalue weighted by Crippen LogP contribution is 2.14. The summed E-state index contributed by atoms with van der Waals surface area (Å²) in [5.74, 6) is -0.266. The van der Waals surface area contributed by atoms with E-state index in [4.69, 9.17) is 0 Å². The highest BCUT2D eigenvalue weighted by molar-refractivity contribution is 5.97. The standard InChI is InChI=1S/C25H29N3O2/c1-27-18-22(24(29)21-13-5-6-14-23(21)27)25(30)26-20-12-8-16-28(17-20)15-7-11-19-9-3-2-4-10-19/h2-6,9-10,13-14,18,20H,7-8,11-12,15-17H2,1H3,(H,26,30). The smallest absolute Gasteiger partial charge is 0.257 e. The van der Waals surface area contributed by atoms with Crippen molar-refractivity contribution in [3.8, 4) is 0 Å². The fraction of sp³-hybridized carbons (Fsp3) is 0.360. The van der Waals surface area contributed by atoms with E-state index in [0.29, 0.717) is 5.39 Å². The molecule has 2 heterocycles. The average molecular weight is 404 g/mol. The molecule has 2 aromatic carbocycles. The second-order valence-corrected chi connectivity index (χ2v) is 8.20. The molecule has 4 rings (SSSR count). The summed E-state index contributed by atoms with van der Waals surface area (Å²) >= 11 is 0. The Morgan fingerprint density at radius 3 is 2.70 bits per heavy atom. The van der Waals surface area contributed by atoms with Crippen molar-refractivity contribution in [3.05, 3.63) is 82.1 Å². The van der Waals surface area contributed by atoms with Gasteiger partial charge in [0, 0.05) is 31.2 Å². The van der Waals surface area contributed by atoms with Crippen molar-refractivity contribution in [1.29, 1.82) is 0 Å². The van der Waals surface area contributed by atoms with Crippen LogP contribution in [0, 0.1) is 0 Å². The first kappa shape index (κ1) is 20.4. The molecule has 1 N–H and O–H groups in total. The van der Waals surface area contributed by atoms with Gasteiger partial charge in [-0.15, -0.1) is 0 Å². The van der Waals surface area contributed by atoms with E-state index >= 15 is 0 Å². The predicted molar refractivity (Wildman–Crippen MR) is 121 cm³/mol. The van der Waals surface area contributed by atoms with Gasteiger partial charge in [0.2, 0.25) is 5.43 Å². The monoisotopic (exact) mass is 403 g/mol. The van der Waals surface area contributed by atoms with Crippen LogP contribution >= 0.6 is 0 Å². The van der Waals surface area contributed by atoms with Crippen LogP contribution in [0.15, 0.2) is 65.6 Å². The van der Waals surface area contributed by atoms with Crippen molar-refractivity contribution < 1.29 is 4.79 Å². The van der Waals surface area contributed by atoms with Crippen LogP contribution in [0.4, 0.5) is 0 Å². The number of piperidine rings is 1. The fourth-order valence-corrected chi connectivity index (χ4v) is 4.39. The lowest BCUT2D eigenvalue weighted by molar-refractivity contribution is 0.0901. The molecule has 1 atom stereocenters. The number of carbonyl (C=O) groups excluding carboxylic acids is 1. The molecule has 1 fully saturated rings. The number of nitrogens with zero attached hydrogens (tertiary/aromatic N) is 2. The molecule has 1 saturated heterocycles. The van der Waals surface area contributed by atoms with E-state index in [2.05, 4.69) is 34.5 Å². The van der Waals surface area contributed by atoms with Gasteiger partial charge in [0.05, 0.1) is 5.52 Å². The number of benzene rings is 2. The summed E-state index contributed by atoms with van der Waals surface area (Å²) in [6, 6.07) is 18.0. The Morgan fingerprint density at radius 1 is 1.10 bits per heavy atom. The third-order valence-corrected chi connectivity index (χ3v) is 5.96. The molecule has 0 radical (unpaired) electrons. The molecule has 0 aliphatic carbocycles. The third-order valence-electron chi connectivity index (χ3n) is 5.96. The van der Waals surface area contributed by atoms with E-state index in [1.165, 1.54) is 5.56 Å². The quantitative estimate of drug-likeness (QED) is 0.687. The zero-order valence-electron chi connectivity index (χ0n) is 17.5. The first-order valence-corrected chi connectivity index (χ1v) is 10.8. The van der Waals surface area contributed by atoms with Crippen LogP contribution in [0.3, 0.4) is 0 Å². The molecule has 0 spiro atoms. The Labute approximate surface area is 177 Å². The van der Waals surface area contributed by atoms with Gasteiger partial charge in [0.15, 0.2) is 0 Å². The Balaban J connectivity index is 1.37. The minimum Gasteiger partial charge on any atom is -0.350 e. The van der Waals surface area contributed by atoms with Gasteiger partial charge in [0.25, 0.3) is 5.91 Å². The zero-order chi connectivity index (χ0) is 20.9. The maximum absolute atomic E-state index is 12.9. The largest absolute Gasteiger partial charge is 0.350 e. The molecular formula is C25H29N3O2. The zero-order valence-corrected chi connectivity index (χ0v) is 17.5.